The third-order valence-electron chi connectivity index (χ3n) is 1.84. The first kappa shape index (κ1) is 16.2. The summed E-state index contributed by atoms with van der Waals surface area (Å²) in [5.41, 5.74) is 0. The molecular formula is C10H18N2O6. The minimum Gasteiger partial charge on any atom is -0.453 e. The van der Waals surface area contributed by atoms with Gasteiger partial charge in [-0.05, 0) is 6.92 Å². The molecule has 0 aromatic carbocycles. The number of hydrogen-bond acceptors (Lipinski definition) is 6. The van der Waals surface area contributed by atoms with E-state index in [0.29, 0.717) is 0 Å². The molecule has 18 heavy (non-hydrogen) atoms. The smallest absolute Gasteiger partial charge is 0.406 e. The summed E-state index contributed by atoms with van der Waals surface area (Å²) in [4.78, 5) is 32.5. The second-order valence-corrected chi connectivity index (χ2v) is 3.38. The highest BCUT2D eigenvalue weighted by Gasteiger charge is 2.13. The number of methoxy groups -OCH3 is 2. The second kappa shape index (κ2) is 9.23. The van der Waals surface area contributed by atoms with Gasteiger partial charge in [-0.25, -0.2) is 9.59 Å². The molecule has 0 radical (unpaired) electrons. The molecule has 0 aliphatic rings. The quantitative estimate of drug-likeness (QED) is 0.651. The van der Waals surface area contributed by atoms with Gasteiger partial charge in [-0.15, -0.1) is 0 Å². The van der Waals surface area contributed by atoms with Crippen LogP contribution >= 0.6 is 0 Å². The van der Waals surface area contributed by atoms with Crippen LogP contribution in [0.25, 0.3) is 0 Å². The van der Waals surface area contributed by atoms with Gasteiger partial charge in [-0.3, -0.25) is 4.79 Å². The molecule has 104 valence electrons. The van der Waals surface area contributed by atoms with Crippen molar-refractivity contribution < 1.29 is 28.6 Å². The molecule has 2 N–H and O–H groups in total. The van der Waals surface area contributed by atoms with Gasteiger partial charge in [0.2, 0.25) is 0 Å². The van der Waals surface area contributed by atoms with Crippen LogP contribution in [-0.2, 0) is 19.0 Å². The molecule has 0 spiro atoms. The molecule has 0 atom stereocenters. The maximum absolute atomic E-state index is 10.9. The molecule has 0 saturated carbocycles. The van der Waals surface area contributed by atoms with Gasteiger partial charge in [0.1, 0.15) is 6.61 Å². The number of Topliss-reactive ketones (excluding diaryl/α,β-unsaturated/α-hetero) is 1. The van der Waals surface area contributed by atoms with E-state index in [9.17, 15) is 14.4 Å². The average Bonchev–Trinajstić information content (AvgIpc) is 2.36. The van der Waals surface area contributed by atoms with Crippen LogP contribution in [0.4, 0.5) is 9.59 Å². The Morgan fingerprint density at radius 2 is 1.44 bits per heavy atom. The average molecular weight is 262 g/mol. The summed E-state index contributed by atoms with van der Waals surface area (Å²) in [5, 5.41) is 4.82. The number of rotatable bonds is 7. The summed E-state index contributed by atoms with van der Waals surface area (Å²) in [6, 6.07) is 0. The maximum atomic E-state index is 10.9. The Balaban J connectivity index is 4.10. The summed E-state index contributed by atoms with van der Waals surface area (Å²) in [6.45, 7) is 1.47. The summed E-state index contributed by atoms with van der Waals surface area (Å²) >= 11 is 0. The van der Waals surface area contributed by atoms with Gasteiger partial charge in [0.05, 0.1) is 20.3 Å². The van der Waals surface area contributed by atoms with Crippen LogP contribution in [0, 0.1) is 0 Å². The molecular weight excluding hydrogens is 244 g/mol. The zero-order valence-corrected chi connectivity index (χ0v) is 10.6. The summed E-state index contributed by atoms with van der Waals surface area (Å²) < 4.78 is 14.0. The van der Waals surface area contributed by atoms with Crippen LogP contribution in [-0.4, -0.2) is 58.0 Å². The number of ether oxygens (including phenoxy) is 3. The fourth-order valence-corrected chi connectivity index (χ4v) is 0.964. The van der Waals surface area contributed by atoms with Crippen molar-refractivity contribution in [1.82, 2.24) is 10.6 Å². The fraction of sp³-hybridized carbons (Fsp3) is 0.700. The van der Waals surface area contributed by atoms with E-state index in [-0.39, 0.29) is 25.5 Å². The van der Waals surface area contributed by atoms with E-state index in [1.807, 2.05) is 0 Å². The van der Waals surface area contributed by atoms with Crippen LogP contribution in [0.15, 0.2) is 0 Å². The van der Waals surface area contributed by atoms with Crippen molar-refractivity contribution in [2.24, 2.45) is 0 Å². The first-order valence-corrected chi connectivity index (χ1v) is 5.24. The molecule has 0 saturated heterocycles. The van der Waals surface area contributed by atoms with Crippen molar-refractivity contribution in [2.75, 3.05) is 33.9 Å². The van der Waals surface area contributed by atoms with Crippen LogP contribution in [0.5, 0.6) is 0 Å². The molecule has 0 bridgehead atoms. The van der Waals surface area contributed by atoms with Crippen molar-refractivity contribution in [3.8, 4) is 0 Å². The SMILES string of the molecule is COC(=O)NCC(CNC(=O)OC)OCC(C)=O. The summed E-state index contributed by atoms with van der Waals surface area (Å²) in [5.74, 6) is -0.156. The van der Waals surface area contributed by atoms with Crippen molar-refractivity contribution >= 4 is 18.0 Å². The molecule has 0 unspecified atom stereocenters. The first-order valence-electron chi connectivity index (χ1n) is 5.24. The Kier molecular flexibility index (Phi) is 8.29. The monoisotopic (exact) mass is 262 g/mol. The Hall–Kier alpha value is -1.83. The van der Waals surface area contributed by atoms with Gasteiger partial charge in [0, 0.05) is 13.1 Å². The van der Waals surface area contributed by atoms with E-state index in [1.54, 1.807) is 0 Å². The van der Waals surface area contributed by atoms with E-state index >= 15 is 0 Å². The number of alkyl carbamates (subject to hydrolysis) is 2. The first-order chi connectivity index (χ1) is 8.49. The third kappa shape index (κ3) is 8.34. The molecule has 0 aromatic rings. The molecule has 0 heterocycles. The lowest BCUT2D eigenvalue weighted by Gasteiger charge is -2.17. The second-order valence-electron chi connectivity index (χ2n) is 3.38. The Morgan fingerprint density at radius 3 is 1.78 bits per heavy atom. The van der Waals surface area contributed by atoms with Gasteiger partial charge in [-0.2, -0.15) is 0 Å². The number of ketones is 1. The minimum absolute atomic E-state index is 0.101. The predicted molar refractivity (Wildman–Crippen MR) is 61.2 cm³/mol. The van der Waals surface area contributed by atoms with Crippen LogP contribution in [0.3, 0.4) is 0 Å². The van der Waals surface area contributed by atoms with E-state index in [2.05, 4.69) is 20.1 Å². The number of carbonyl (C=O) groups excluding carboxylic acids is 3. The predicted octanol–water partition coefficient (Wildman–Crippen LogP) is -0.327. The number of nitrogens with one attached hydrogen (secondary N) is 2. The summed E-state index contributed by atoms with van der Waals surface area (Å²) in [7, 11) is 2.46. The molecule has 0 aliphatic carbocycles. The standard InChI is InChI=1S/C10H18N2O6/c1-7(13)6-18-8(4-11-9(14)16-2)5-12-10(15)17-3/h8H,4-6H2,1-3H3,(H,11,14)(H,12,15). The topological polar surface area (TPSA) is 103 Å². The van der Waals surface area contributed by atoms with Crippen LogP contribution < -0.4 is 10.6 Å². The number of amides is 2. The molecule has 0 aliphatic heterocycles. The largest absolute Gasteiger partial charge is 0.453 e. The number of carbonyl (C=O) groups is 3. The van der Waals surface area contributed by atoms with E-state index < -0.39 is 18.3 Å². The summed E-state index contributed by atoms with van der Waals surface area (Å²) in [6.07, 6.45) is -1.79. The minimum atomic E-state index is -0.621. The van der Waals surface area contributed by atoms with Gasteiger partial charge in [0.15, 0.2) is 5.78 Å². The van der Waals surface area contributed by atoms with Crippen molar-refractivity contribution in [3.63, 3.8) is 0 Å². The van der Waals surface area contributed by atoms with Crippen LogP contribution in [0.1, 0.15) is 6.92 Å². The Bertz CT molecular complexity index is 274. The highest BCUT2D eigenvalue weighted by molar-refractivity contribution is 5.76. The zero-order valence-electron chi connectivity index (χ0n) is 10.6. The van der Waals surface area contributed by atoms with Crippen molar-refractivity contribution in [2.45, 2.75) is 13.0 Å². The molecule has 0 aromatic heterocycles. The zero-order chi connectivity index (χ0) is 14.0. The normalized spacial score (nSPS) is 9.78. The lowest BCUT2D eigenvalue weighted by Crippen LogP contribution is -2.42. The van der Waals surface area contributed by atoms with Gasteiger partial charge in [-0.1, -0.05) is 0 Å². The Morgan fingerprint density at radius 1 is 1.00 bits per heavy atom. The van der Waals surface area contributed by atoms with E-state index in [4.69, 9.17) is 4.74 Å². The molecule has 0 rings (SSSR count). The number of hydrogen-bond donors (Lipinski definition) is 2. The highest BCUT2D eigenvalue weighted by Crippen LogP contribution is 1.91. The van der Waals surface area contributed by atoms with Crippen LogP contribution in [0.2, 0.25) is 0 Å². The Labute approximate surface area is 105 Å². The highest BCUT2D eigenvalue weighted by atomic mass is 16.5. The van der Waals surface area contributed by atoms with E-state index in [0.717, 1.165) is 0 Å². The van der Waals surface area contributed by atoms with Gasteiger partial charge >= 0.3 is 12.2 Å². The molecule has 8 nitrogen and oxygen atoms in total. The van der Waals surface area contributed by atoms with Crippen molar-refractivity contribution in [3.05, 3.63) is 0 Å². The molecule has 8 heteroatoms. The van der Waals surface area contributed by atoms with Gasteiger partial charge < -0.3 is 24.8 Å². The lowest BCUT2D eigenvalue weighted by molar-refractivity contribution is -0.123. The van der Waals surface area contributed by atoms with Gasteiger partial charge in [0.25, 0.3) is 0 Å². The van der Waals surface area contributed by atoms with Crippen molar-refractivity contribution in [1.29, 1.82) is 0 Å². The third-order valence-corrected chi connectivity index (χ3v) is 1.84. The molecule has 0 fully saturated rings. The maximum Gasteiger partial charge on any atom is 0.406 e. The van der Waals surface area contributed by atoms with E-state index in [1.165, 1.54) is 21.1 Å². The lowest BCUT2D eigenvalue weighted by atomic mass is 10.3. The fourth-order valence-electron chi connectivity index (χ4n) is 0.964. The molecule has 2 amide bonds.